The minimum Gasteiger partial charge on any atom is -0.495 e. The highest BCUT2D eigenvalue weighted by molar-refractivity contribution is 5.92. The van der Waals surface area contributed by atoms with Crippen molar-refractivity contribution in [2.75, 3.05) is 12.4 Å². The zero-order chi connectivity index (χ0) is 22.0. The number of aryl methyl sites for hydroxylation is 1. The predicted octanol–water partition coefficient (Wildman–Crippen LogP) is 4.61. The van der Waals surface area contributed by atoms with Gasteiger partial charge in [0.25, 0.3) is 5.89 Å². The molecule has 0 spiro atoms. The van der Waals surface area contributed by atoms with Gasteiger partial charge in [-0.2, -0.15) is 4.98 Å². The number of aromatic nitrogens is 3. The molecule has 31 heavy (non-hydrogen) atoms. The highest BCUT2D eigenvalue weighted by Crippen LogP contribution is 2.28. The lowest BCUT2D eigenvalue weighted by Gasteiger charge is -2.12. The second kappa shape index (κ2) is 8.43. The Bertz CT molecular complexity index is 1230. The number of nitrogens with zero attached hydrogens (tertiary/aromatic N) is 3. The van der Waals surface area contributed by atoms with E-state index < -0.39 is 0 Å². The van der Waals surface area contributed by atoms with E-state index >= 15 is 0 Å². The average Bonchev–Trinajstić information content (AvgIpc) is 3.35. The summed E-state index contributed by atoms with van der Waals surface area (Å²) >= 11 is 0. The van der Waals surface area contributed by atoms with E-state index in [0.29, 0.717) is 28.7 Å². The van der Waals surface area contributed by atoms with E-state index in [0.717, 1.165) is 17.0 Å². The Kier molecular flexibility index (Phi) is 5.53. The maximum atomic E-state index is 13.2. The van der Waals surface area contributed by atoms with Crippen LogP contribution >= 0.6 is 0 Å². The Hall–Kier alpha value is -3.94. The molecule has 0 aliphatic carbocycles. The zero-order valence-electron chi connectivity index (χ0n) is 17.3. The number of halogens is 1. The molecule has 1 N–H and O–H groups in total. The smallest absolute Gasteiger partial charge is 0.260 e. The molecule has 0 radical (unpaired) electrons. The van der Waals surface area contributed by atoms with Crippen molar-refractivity contribution in [3.63, 3.8) is 0 Å². The van der Waals surface area contributed by atoms with E-state index in [-0.39, 0.29) is 18.3 Å². The molecule has 0 saturated heterocycles. The molecule has 0 aliphatic heterocycles. The van der Waals surface area contributed by atoms with E-state index in [4.69, 9.17) is 9.26 Å². The Balaban J connectivity index is 1.55. The first-order valence-corrected chi connectivity index (χ1v) is 9.66. The number of carbonyl (C=O) groups excluding carboxylic acids is 1. The second-order valence-corrected chi connectivity index (χ2v) is 7.05. The van der Waals surface area contributed by atoms with Crippen molar-refractivity contribution in [1.82, 2.24) is 14.7 Å². The summed E-state index contributed by atoms with van der Waals surface area (Å²) in [5.41, 5.74) is 3.70. The largest absolute Gasteiger partial charge is 0.495 e. The van der Waals surface area contributed by atoms with Crippen molar-refractivity contribution in [3.8, 4) is 28.6 Å². The lowest BCUT2D eigenvalue weighted by Crippen LogP contribution is -2.20. The van der Waals surface area contributed by atoms with Crippen molar-refractivity contribution in [1.29, 1.82) is 0 Å². The summed E-state index contributed by atoms with van der Waals surface area (Å²) in [6.07, 6.45) is 0. The molecule has 158 valence electrons. The lowest BCUT2D eigenvalue weighted by molar-refractivity contribution is -0.116. The number of hydrogen-bond donors (Lipinski definition) is 1. The molecule has 7 nitrogen and oxygen atoms in total. The first kappa shape index (κ1) is 20.3. The van der Waals surface area contributed by atoms with E-state index in [1.54, 1.807) is 31.4 Å². The number of hydrogen-bond acceptors (Lipinski definition) is 5. The Labute approximate surface area is 178 Å². The van der Waals surface area contributed by atoms with Gasteiger partial charge in [-0.25, -0.2) is 4.39 Å². The number of carbonyl (C=O) groups is 1. The SMILES string of the molecule is COc1ccccc1NC(=O)Cn1c(C)cc(-c2nc(-c3ccc(F)cc3)no2)c1C. The van der Waals surface area contributed by atoms with Crippen LogP contribution < -0.4 is 10.1 Å². The van der Waals surface area contributed by atoms with Crippen LogP contribution in [0.25, 0.3) is 22.8 Å². The van der Waals surface area contributed by atoms with Gasteiger partial charge in [0.05, 0.1) is 18.4 Å². The first-order valence-electron chi connectivity index (χ1n) is 9.66. The lowest BCUT2D eigenvalue weighted by atomic mass is 10.2. The highest BCUT2D eigenvalue weighted by Gasteiger charge is 2.19. The summed E-state index contributed by atoms with van der Waals surface area (Å²) < 4.78 is 25.7. The Morgan fingerprint density at radius 2 is 1.90 bits per heavy atom. The van der Waals surface area contributed by atoms with Gasteiger partial charge < -0.3 is 19.1 Å². The maximum absolute atomic E-state index is 13.2. The van der Waals surface area contributed by atoms with E-state index in [1.807, 2.05) is 36.6 Å². The fourth-order valence-corrected chi connectivity index (χ4v) is 3.39. The molecule has 4 aromatic rings. The van der Waals surface area contributed by atoms with Gasteiger partial charge in [-0.3, -0.25) is 4.79 Å². The van der Waals surface area contributed by atoms with Gasteiger partial charge in [0.15, 0.2) is 0 Å². The van der Waals surface area contributed by atoms with Crippen molar-refractivity contribution in [2.45, 2.75) is 20.4 Å². The number of nitrogens with one attached hydrogen (secondary N) is 1. The normalized spacial score (nSPS) is 10.8. The number of methoxy groups -OCH3 is 1. The van der Waals surface area contributed by atoms with Gasteiger partial charge in [0, 0.05) is 17.0 Å². The highest BCUT2D eigenvalue weighted by atomic mass is 19.1. The summed E-state index contributed by atoms with van der Waals surface area (Å²) in [5.74, 6) is 0.784. The topological polar surface area (TPSA) is 82.2 Å². The summed E-state index contributed by atoms with van der Waals surface area (Å²) in [4.78, 5) is 17.1. The van der Waals surface area contributed by atoms with Crippen molar-refractivity contribution < 1.29 is 18.4 Å². The standard InChI is InChI=1S/C23H21FN4O3/c1-14-12-18(23-26-22(27-31-23)16-8-10-17(24)11-9-16)15(2)28(14)13-21(29)25-19-6-4-5-7-20(19)30-3/h4-12H,13H2,1-3H3,(H,25,29). The van der Waals surface area contributed by atoms with Crippen LogP contribution in [0.5, 0.6) is 5.75 Å². The number of benzene rings is 2. The van der Waals surface area contributed by atoms with Gasteiger partial charge in [-0.15, -0.1) is 0 Å². The summed E-state index contributed by atoms with van der Waals surface area (Å²) in [6.45, 7) is 3.92. The molecule has 0 saturated carbocycles. The van der Waals surface area contributed by atoms with Gasteiger partial charge in [-0.1, -0.05) is 17.3 Å². The summed E-state index contributed by atoms with van der Waals surface area (Å²) in [6, 6.07) is 15.0. The van der Waals surface area contributed by atoms with Crippen molar-refractivity contribution in [3.05, 3.63) is 71.8 Å². The van der Waals surface area contributed by atoms with Gasteiger partial charge in [0.1, 0.15) is 18.1 Å². The molecular formula is C23H21FN4O3. The molecule has 0 bridgehead atoms. The molecular weight excluding hydrogens is 399 g/mol. The molecule has 0 aliphatic rings. The van der Waals surface area contributed by atoms with Crippen molar-refractivity contribution >= 4 is 11.6 Å². The van der Waals surface area contributed by atoms with Gasteiger partial charge >= 0.3 is 0 Å². The molecule has 2 aromatic carbocycles. The third-order valence-corrected chi connectivity index (χ3v) is 5.02. The molecule has 0 atom stereocenters. The van der Waals surface area contributed by atoms with Crippen LogP contribution in [0.4, 0.5) is 10.1 Å². The molecule has 4 rings (SSSR count). The third-order valence-electron chi connectivity index (χ3n) is 5.02. The van der Waals surface area contributed by atoms with Crippen LogP contribution in [-0.4, -0.2) is 27.7 Å². The molecule has 1 amide bonds. The fourth-order valence-electron chi connectivity index (χ4n) is 3.39. The zero-order valence-corrected chi connectivity index (χ0v) is 17.3. The second-order valence-electron chi connectivity index (χ2n) is 7.05. The van der Waals surface area contributed by atoms with Crippen LogP contribution in [0, 0.1) is 19.7 Å². The fraction of sp³-hybridized carbons (Fsp3) is 0.174. The number of para-hydroxylation sites is 2. The Morgan fingerprint density at radius 1 is 1.16 bits per heavy atom. The number of anilines is 1. The third kappa shape index (κ3) is 4.18. The number of amides is 1. The molecule has 2 aromatic heterocycles. The summed E-state index contributed by atoms with van der Waals surface area (Å²) in [7, 11) is 1.56. The van der Waals surface area contributed by atoms with Crippen LogP contribution in [0.1, 0.15) is 11.4 Å². The van der Waals surface area contributed by atoms with Gasteiger partial charge in [-0.05, 0) is 56.3 Å². The van der Waals surface area contributed by atoms with E-state index in [1.165, 1.54) is 12.1 Å². The molecule has 2 heterocycles. The molecule has 0 fully saturated rings. The number of ether oxygens (including phenoxy) is 1. The average molecular weight is 420 g/mol. The van der Waals surface area contributed by atoms with E-state index in [2.05, 4.69) is 15.5 Å². The van der Waals surface area contributed by atoms with Crippen molar-refractivity contribution in [2.24, 2.45) is 0 Å². The number of rotatable bonds is 6. The van der Waals surface area contributed by atoms with Gasteiger partial charge in [0.2, 0.25) is 11.7 Å². The van der Waals surface area contributed by atoms with Crippen LogP contribution in [0.3, 0.4) is 0 Å². The maximum Gasteiger partial charge on any atom is 0.260 e. The Morgan fingerprint density at radius 3 is 2.65 bits per heavy atom. The van der Waals surface area contributed by atoms with Crippen LogP contribution in [0.2, 0.25) is 0 Å². The van der Waals surface area contributed by atoms with E-state index in [9.17, 15) is 9.18 Å². The molecule has 0 unspecified atom stereocenters. The van der Waals surface area contributed by atoms with Crippen LogP contribution in [0.15, 0.2) is 59.1 Å². The molecule has 8 heteroatoms. The quantitative estimate of drug-likeness (QED) is 0.493. The minimum absolute atomic E-state index is 0.120. The minimum atomic E-state index is -0.331. The van der Waals surface area contributed by atoms with Crippen LogP contribution in [-0.2, 0) is 11.3 Å². The first-order chi connectivity index (χ1) is 15.0. The monoisotopic (exact) mass is 420 g/mol. The summed E-state index contributed by atoms with van der Waals surface area (Å²) in [5, 5.41) is 6.87. The predicted molar refractivity (Wildman–Crippen MR) is 114 cm³/mol.